The van der Waals surface area contributed by atoms with Crippen LogP contribution in [-0.2, 0) is 9.53 Å². The minimum atomic E-state index is -0.607. The fraction of sp³-hybridized carbons (Fsp3) is 0.286. The lowest BCUT2D eigenvalue weighted by Crippen LogP contribution is -2.25. The third-order valence-corrected chi connectivity index (χ3v) is 5.44. The largest absolute Gasteiger partial charge is 0.479 e. The number of benzene rings is 1. The first-order valence-electron chi connectivity index (χ1n) is 6.14. The van der Waals surface area contributed by atoms with Crippen LogP contribution in [0.2, 0.25) is 0 Å². The summed E-state index contributed by atoms with van der Waals surface area (Å²) in [4.78, 5) is 12.6. The van der Waals surface area contributed by atoms with E-state index in [4.69, 9.17) is 21.7 Å². The highest BCUT2D eigenvalue weighted by molar-refractivity contribution is 7.80. The van der Waals surface area contributed by atoms with Gasteiger partial charge in [0.05, 0.1) is 6.61 Å². The van der Waals surface area contributed by atoms with Crippen LogP contribution < -0.4 is 4.74 Å². The average Bonchev–Trinajstić information content (AvgIpc) is 2.86. The summed E-state index contributed by atoms with van der Waals surface area (Å²) in [5.41, 5.74) is 1.10. The Morgan fingerprint density at radius 3 is 2.55 bits per heavy atom. The standard InChI is InChI=1S/C14H14O3S3/c1-3-16-14(15)9(2)17-11-6-4-10(5-7-11)12-8-13(18)20-19-12/h4-9H,3H2,1-2H3. The quantitative estimate of drug-likeness (QED) is 0.459. The van der Waals surface area contributed by atoms with Crippen LogP contribution in [0.3, 0.4) is 0 Å². The maximum absolute atomic E-state index is 11.5. The van der Waals surface area contributed by atoms with Crippen LogP contribution in [0.4, 0.5) is 0 Å². The first-order chi connectivity index (χ1) is 9.60. The minimum absolute atomic E-state index is 0.354. The van der Waals surface area contributed by atoms with Crippen molar-refractivity contribution in [3.05, 3.63) is 34.2 Å². The van der Waals surface area contributed by atoms with Crippen LogP contribution in [0.25, 0.3) is 10.4 Å². The van der Waals surface area contributed by atoms with E-state index in [1.54, 1.807) is 34.5 Å². The lowest BCUT2D eigenvalue weighted by Gasteiger charge is -2.13. The van der Waals surface area contributed by atoms with Gasteiger partial charge in [0.2, 0.25) is 0 Å². The van der Waals surface area contributed by atoms with Crippen LogP contribution in [0.5, 0.6) is 5.75 Å². The normalized spacial score (nSPS) is 11.9. The molecule has 0 radical (unpaired) electrons. The van der Waals surface area contributed by atoms with Gasteiger partial charge in [-0.05, 0) is 49.7 Å². The molecule has 106 valence electrons. The molecule has 1 atom stereocenters. The molecule has 0 bridgehead atoms. The van der Waals surface area contributed by atoms with E-state index in [0.717, 1.165) is 14.3 Å². The molecule has 0 saturated heterocycles. The van der Waals surface area contributed by atoms with Crippen LogP contribution in [0.15, 0.2) is 30.3 Å². The third-order valence-electron chi connectivity index (χ3n) is 2.53. The number of carbonyl (C=O) groups is 1. The molecule has 0 amide bonds. The van der Waals surface area contributed by atoms with Crippen LogP contribution in [0.1, 0.15) is 13.8 Å². The highest BCUT2D eigenvalue weighted by Gasteiger charge is 2.15. The van der Waals surface area contributed by atoms with Gasteiger partial charge in [0.15, 0.2) is 6.10 Å². The third kappa shape index (κ3) is 3.88. The van der Waals surface area contributed by atoms with Crippen LogP contribution in [0, 0.1) is 3.82 Å². The highest BCUT2D eigenvalue weighted by atomic mass is 32.9. The number of rotatable bonds is 5. The number of hydrogen-bond acceptors (Lipinski definition) is 6. The second-order valence-corrected chi connectivity index (χ2v) is 6.94. The minimum Gasteiger partial charge on any atom is -0.479 e. The molecule has 1 heterocycles. The number of hydrogen-bond donors (Lipinski definition) is 0. The Morgan fingerprint density at radius 1 is 1.30 bits per heavy atom. The molecular weight excluding hydrogens is 312 g/mol. The van der Waals surface area contributed by atoms with E-state index in [0.29, 0.717) is 12.4 Å². The van der Waals surface area contributed by atoms with E-state index in [1.165, 1.54) is 0 Å². The first-order valence-corrected chi connectivity index (χ1v) is 8.70. The summed E-state index contributed by atoms with van der Waals surface area (Å²) in [5.74, 6) is 0.292. The first kappa shape index (κ1) is 15.2. The smallest absolute Gasteiger partial charge is 0.347 e. The van der Waals surface area contributed by atoms with Crippen LogP contribution in [-0.4, -0.2) is 18.7 Å². The lowest BCUT2D eigenvalue weighted by atomic mass is 10.2. The van der Waals surface area contributed by atoms with E-state index >= 15 is 0 Å². The monoisotopic (exact) mass is 326 g/mol. The van der Waals surface area contributed by atoms with Crippen molar-refractivity contribution in [2.75, 3.05) is 6.61 Å². The number of ether oxygens (including phenoxy) is 2. The second-order valence-electron chi connectivity index (χ2n) is 4.03. The van der Waals surface area contributed by atoms with Gasteiger partial charge in [0, 0.05) is 4.88 Å². The van der Waals surface area contributed by atoms with Gasteiger partial charge >= 0.3 is 5.97 Å². The molecule has 6 heteroatoms. The van der Waals surface area contributed by atoms with Crippen molar-refractivity contribution in [2.24, 2.45) is 0 Å². The molecule has 1 aromatic heterocycles. The Balaban J connectivity index is 2.05. The molecular formula is C14H14O3S3. The van der Waals surface area contributed by atoms with Crippen molar-refractivity contribution in [3.8, 4) is 16.2 Å². The summed E-state index contributed by atoms with van der Waals surface area (Å²) in [6, 6.07) is 9.60. The SMILES string of the molecule is CCOC(=O)C(C)Oc1ccc(-c2cc(=S)ss2)cc1. The van der Waals surface area contributed by atoms with Gasteiger partial charge < -0.3 is 9.47 Å². The maximum Gasteiger partial charge on any atom is 0.347 e. The van der Waals surface area contributed by atoms with Gasteiger partial charge in [-0.3, -0.25) is 0 Å². The van der Waals surface area contributed by atoms with E-state index in [1.807, 2.05) is 30.3 Å². The molecule has 2 aromatic rings. The van der Waals surface area contributed by atoms with Gasteiger partial charge in [-0.2, -0.15) is 0 Å². The molecule has 1 aromatic carbocycles. The van der Waals surface area contributed by atoms with E-state index in [9.17, 15) is 4.79 Å². The average molecular weight is 326 g/mol. The zero-order chi connectivity index (χ0) is 14.5. The Hall–Kier alpha value is -1.24. The van der Waals surface area contributed by atoms with Gasteiger partial charge in [0.1, 0.15) is 9.57 Å². The number of esters is 1. The molecule has 0 aliphatic carbocycles. The summed E-state index contributed by atoms with van der Waals surface area (Å²) in [6.45, 7) is 3.81. The number of carbonyl (C=O) groups excluding carboxylic acids is 1. The highest BCUT2D eigenvalue weighted by Crippen LogP contribution is 2.30. The predicted molar refractivity (Wildman–Crippen MR) is 85.2 cm³/mol. The van der Waals surface area contributed by atoms with Crippen molar-refractivity contribution in [1.29, 1.82) is 0 Å². The van der Waals surface area contributed by atoms with Gasteiger partial charge in [0.25, 0.3) is 0 Å². The summed E-state index contributed by atoms with van der Waals surface area (Å²) < 4.78 is 11.3. The zero-order valence-electron chi connectivity index (χ0n) is 11.1. The summed E-state index contributed by atoms with van der Waals surface area (Å²) in [5, 5.41) is 0. The fourth-order valence-corrected chi connectivity index (χ4v) is 3.98. The van der Waals surface area contributed by atoms with Crippen molar-refractivity contribution < 1.29 is 14.3 Å². The van der Waals surface area contributed by atoms with Gasteiger partial charge in [-0.15, -0.1) is 0 Å². The van der Waals surface area contributed by atoms with Crippen molar-refractivity contribution >= 4 is 38.9 Å². The molecule has 0 aliphatic heterocycles. The summed E-state index contributed by atoms with van der Waals surface area (Å²) >= 11 is 5.12. The molecule has 2 rings (SSSR count). The molecule has 3 nitrogen and oxygen atoms in total. The molecule has 1 unspecified atom stereocenters. The van der Waals surface area contributed by atoms with E-state index in [2.05, 4.69) is 0 Å². The van der Waals surface area contributed by atoms with E-state index in [-0.39, 0.29) is 5.97 Å². The lowest BCUT2D eigenvalue weighted by molar-refractivity contribution is -0.150. The molecule has 0 N–H and O–H groups in total. The molecule has 0 fully saturated rings. The maximum atomic E-state index is 11.5. The summed E-state index contributed by atoms with van der Waals surface area (Å²) in [6.07, 6.45) is -0.607. The van der Waals surface area contributed by atoms with Crippen molar-refractivity contribution in [1.82, 2.24) is 0 Å². The zero-order valence-corrected chi connectivity index (χ0v) is 13.6. The molecule has 0 aliphatic rings. The topological polar surface area (TPSA) is 35.5 Å². The molecule has 0 saturated carbocycles. The Bertz CT molecular complexity index is 628. The predicted octanol–water partition coefficient (Wildman–Crippen LogP) is 4.54. The van der Waals surface area contributed by atoms with Crippen LogP contribution >= 0.6 is 32.9 Å². The fourth-order valence-electron chi connectivity index (χ4n) is 1.58. The summed E-state index contributed by atoms with van der Waals surface area (Å²) in [7, 11) is 3.24. The van der Waals surface area contributed by atoms with Gasteiger partial charge in [-0.1, -0.05) is 32.9 Å². The Labute approximate surface area is 130 Å². The Kier molecular flexibility index (Phi) is 5.28. The molecule has 0 spiro atoms. The van der Waals surface area contributed by atoms with E-state index < -0.39 is 6.10 Å². The Morgan fingerprint density at radius 2 is 2.00 bits per heavy atom. The molecule has 20 heavy (non-hydrogen) atoms. The van der Waals surface area contributed by atoms with Gasteiger partial charge in [-0.25, -0.2) is 4.79 Å². The van der Waals surface area contributed by atoms with Crippen molar-refractivity contribution in [3.63, 3.8) is 0 Å². The second kappa shape index (κ2) is 6.97. The van der Waals surface area contributed by atoms with Crippen molar-refractivity contribution in [2.45, 2.75) is 20.0 Å².